The molecule has 14 heavy (non-hydrogen) atoms. The molecule has 4 heterocycles. The molecular weight excluding hydrogens is 174 g/mol. The molecule has 2 atom stereocenters. The fourth-order valence-corrected chi connectivity index (χ4v) is 3.49. The fourth-order valence-electron chi connectivity index (χ4n) is 3.49. The summed E-state index contributed by atoms with van der Waals surface area (Å²) in [4.78, 5) is 2.73. The van der Waals surface area contributed by atoms with Crippen LogP contribution in [-0.4, -0.2) is 37.2 Å². The zero-order valence-corrected chi connectivity index (χ0v) is 8.95. The Morgan fingerprint density at radius 3 is 2.57 bits per heavy atom. The Morgan fingerprint density at radius 1 is 1.14 bits per heavy atom. The van der Waals surface area contributed by atoms with Crippen LogP contribution < -0.4 is 0 Å². The van der Waals surface area contributed by atoms with E-state index in [0.29, 0.717) is 0 Å². The predicted octanol–water partition coefficient (Wildman–Crippen LogP) is 1.90. The van der Waals surface area contributed by atoms with Gasteiger partial charge in [-0.05, 0) is 57.0 Å². The first-order valence-electron chi connectivity index (χ1n) is 6.23. The van der Waals surface area contributed by atoms with Crippen molar-refractivity contribution in [3.8, 4) is 0 Å². The highest BCUT2D eigenvalue weighted by Crippen LogP contribution is 2.35. The van der Waals surface area contributed by atoms with Crippen LogP contribution >= 0.6 is 0 Å². The van der Waals surface area contributed by atoms with Gasteiger partial charge in [-0.15, -0.1) is 0 Å². The lowest BCUT2D eigenvalue weighted by molar-refractivity contribution is 0.0350. The lowest BCUT2D eigenvalue weighted by Gasteiger charge is -2.46. The largest absolute Gasteiger partial charge is 0.381 e. The van der Waals surface area contributed by atoms with Crippen molar-refractivity contribution in [1.29, 1.82) is 0 Å². The van der Waals surface area contributed by atoms with E-state index < -0.39 is 0 Å². The van der Waals surface area contributed by atoms with Crippen LogP contribution in [0.25, 0.3) is 0 Å². The molecule has 0 aromatic rings. The smallest absolute Gasteiger partial charge is 0.0495 e. The lowest BCUT2D eigenvalue weighted by Crippen LogP contribution is -2.49. The standard InChI is InChI=1S/C12H21NO/c1-4-13-5-2-10(1)7-12(13)8-11-3-6-14-9-11/h10-12H,1-9H2. The third kappa shape index (κ3) is 1.70. The average Bonchev–Trinajstić information content (AvgIpc) is 2.72. The Morgan fingerprint density at radius 2 is 2.00 bits per heavy atom. The summed E-state index contributed by atoms with van der Waals surface area (Å²) in [6.07, 6.45) is 7.15. The van der Waals surface area contributed by atoms with E-state index >= 15 is 0 Å². The summed E-state index contributed by atoms with van der Waals surface area (Å²) < 4.78 is 5.46. The van der Waals surface area contributed by atoms with E-state index in [2.05, 4.69) is 4.90 Å². The first-order valence-corrected chi connectivity index (χ1v) is 6.23. The first kappa shape index (κ1) is 9.17. The minimum atomic E-state index is 0.874. The van der Waals surface area contributed by atoms with Gasteiger partial charge in [-0.2, -0.15) is 0 Å². The summed E-state index contributed by atoms with van der Waals surface area (Å²) in [6, 6.07) is 0.911. The molecular formula is C12H21NO. The van der Waals surface area contributed by atoms with Gasteiger partial charge in [0.2, 0.25) is 0 Å². The van der Waals surface area contributed by atoms with Crippen molar-refractivity contribution in [3.63, 3.8) is 0 Å². The van der Waals surface area contributed by atoms with Crippen LogP contribution in [0.4, 0.5) is 0 Å². The molecule has 0 amide bonds. The molecule has 0 N–H and O–H groups in total. The van der Waals surface area contributed by atoms with Crippen LogP contribution in [0.2, 0.25) is 0 Å². The average molecular weight is 195 g/mol. The summed E-state index contributed by atoms with van der Waals surface area (Å²) in [7, 11) is 0. The van der Waals surface area contributed by atoms with E-state index in [1.807, 2.05) is 0 Å². The number of piperidine rings is 3. The monoisotopic (exact) mass is 195 g/mol. The van der Waals surface area contributed by atoms with Gasteiger partial charge in [-0.1, -0.05) is 0 Å². The molecule has 2 nitrogen and oxygen atoms in total. The zero-order valence-electron chi connectivity index (χ0n) is 8.95. The summed E-state index contributed by atoms with van der Waals surface area (Å²) in [5, 5.41) is 0. The molecule has 4 rings (SSSR count). The van der Waals surface area contributed by atoms with Crippen LogP contribution in [0.5, 0.6) is 0 Å². The Kier molecular flexibility index (Phi) is 2.50. The fraction of sp³-hybridized carbons (Fsp3) is 1.00. The van der Waals surface area contributed by atoms with E-state index in [4.69, 9.17) is 4.74 Å². The maximum Gasteiger partial charge on any atom is 0.0495 e. The van der Waals surface area contributed by atoms with Gasteiger partial charge in [0, 0.05) is 19.3 Å². The summed E-state index contributed by atoms with van der Waals surface area (Å²) in [5.41, 5.74) is 0. The van der Waals surface area contributed by atoms with Crippen molar-refractivity contribution < 1.29 is 4.74 Å². The van der Waals surface area contributed by atoms with Crippen LogP contribution in [-0.2, 0) is 4.74 Å². The quantitative estimate of drug-likeness (QED) is 0.667. The molecule has 4 saturated heterocycles. The molecule has 4 aliphatic heterocycles. The Hall–Kier alpha value is -0.0800. The maximum absolute atomic E-state index is 5.46. The van der Waals surface area contributed by atoms with Crippen LogP contribution in [0.15, 0.2) is 0 Å². The molecule has 4 fully saturated rings. The van der Waals surface area contributed by atoms with Crippen LogP contribution in [0.3, 0.4) is 0 Å². The van der Waals surface area contributed by atoms with Gasteiger partial charge < -0.3 is 9.64 Å². The molecule has 4 aliphatic rings. The molecule has 2 unspecified atom stereocenters. The highest BCUT2D eigenvalue weighted by atomic mass is 16.5. The second kappa shape index (κ2) is 3.82. The molecule has 0 spiro atoms. The van der Waals surface area contributed by atoms with Gasteiger partial charge in [-0.3, -0.25) is 0 Å². The van der Waals surface area contributed by atoms with E-state index in [1.165, 1.54) is 45.2 Å². The van der Waals surface area contributed by atoms with Crippen LogP contribution in [0, 0.1) is 11.8 Å². The summed E-state index contributed by atoms with van der Waals surface area (Å²) in [5.74, 6) is 1.94. The Labute approximate surface area is 86.6 Å². The normalized spacial score (nSPS) is 47.1. The number of hydrogen-bond donors (Lipinski definition) is 0. The van der Waals surface area contributed by atoms with Gasteiger partial charge in [0.25, 0.3) is 0 Å². The molecule has 0 aromatic carbocycles. The van der Waals surface area contributed by atoms with E-state index in [-0.39, 0.29) is 0 Å². The molecule has 0 aromatic heterocycles. The second-order valence-electron chi connectivity index (χ2n) is 5.33. The minimum Gasteiger partial charge on any atom is -0.381 e. The van der Waals surface area contributed by atoms with Crippen molar-refractivity contribution in [2.45, 2.75) is 38.1 Å². The van der Waals surface area contributed by atoms with Crippen molar-refractivity contribution in [1.82, 2.24) is 4.90 Å². The number of ether oxygens (including phenoxy) is 1. The van der Waals surface area contributed by atoms with Crippen molar-refractivity contribution in [2.75, 3.05) is 26.3 Å². The number of nitrogens with zero attached hydrogens (tertiary/aromatic N) is 1. The summed E-state index contributed by atoms with van der Waals surface area (Å²) in [6.45, 7) is 4.81. The molecule has 0 saturated carbocycles. The molecule has 2 heteroatoms. The van der Waals surface area contributed by atoms with Gasteiger partial charge in [-0.25, -0.2) is 0 Å². The van der Waals surface area contributed by atoms with E-state index in [0.717, 1.165) is 31.1 Å². The Balaban J connectivity index is 1.57. The number of fused-ring (bicyclic) bond motifs is 3. The van der Waals surface area contributed by atoms with Crippen molar-refractivity contribution >= 4 is 0 Å². The van der Waals surface area contributed by atoms with E-state index in [9.17, 15) is 0 Å². The molecule has 0 aliphatic carbocycles. The topological polar surface area (TPSA) is 12.5 Å². The van der Waals surface area contributed by atoms with Crippen molar-refractivity contribution in [2.24, 2.45) is 11.8 Å². The second-order valence-corrected chi connectivity index (χ2v) is 5.33. The lowest BCUT2D eigenvalue weighted by atomic mass is 9.80. The summed E-state index contributed by atoms with van der Waals surface area (Å²) >= 11 is 0. The maximum atomic E-state index is 5.46. The number of hydrogen-bond acceptors (Lipinski definition) is 2. The third-order valence-electron chi connectivity index (χ3n) is 4.40. The highest BCUT2D eigenvalue weighted by Gasteiger charge is 2.35. The van der Waals surface area contributed by atoms with Crippen LogP contribution in [0.1, 0.15) is 32.1 Å². The molecule has 0 radical (unpaired) electrons. The van der Waals surface area contributed by atoms with E-state index in [1.54, 1.807) is 0 Å². The minimum absolute atomic E-state index is 0.874. The Bertz CT molecular complexity index is 192. The first-order chi connectivity index (χ1) is 6.92. The number of rotatable bonds is 2. The van der Waals surface area contributed by atoms with Gasteiger partial charge >= 0.3 is 0 Å². The van der Waals surface area contributed by atoms with Gasteiger partial charge in [0.05, 0.1) is 0 Å². The predicted molar refractivity (Wildman–Crippen MR) is 56.2 cm³/mol. The molecule has 2 bridgehead atoms. The van der Waals surface area contributed by atoms with Crippen molar-refractivity contribution in [3.05, 3.63) is 0 Å². The molecule has 80 valence electrons. The highest BCUT2D eigenvalue weighted by molar-refractivity contribution is 4.89. The third-order valence-corrected chi connectivity index (χ3v) is 4.40. The van der Waals surface area contributed by atoms with Gasteiger partial charge in [0.15, 0.2) is 0 Å². The SMILES string of the molecule is C1CC(CC2CC3CCN2CC3)CO1. The van der Waals surface area contributed by atoms with Gasteiger partial charge in [0.1, 0.15) is 0 Å². The zero-order chi connectivity index (χ0) is 9.38.